The van der Waals surface area contributed by atoms with Crippen LogP contribution in [0, 0.1) is 12.8 Å². The standard InChI is InChI=1S/C15H22N2O4S/c1-11-9-13(3-4-14(11)15(18)21-2)22(19,20)17-8-6-12-5-7-16-10-12/h3-4,9,12,16-17H,5-8,10H2,1-2H3. The van der Waals surface area contributed by atoms with E-state index in [1.807, 2.05) is 0 Å². The van der Waals surface area contributed by atoms with Crippen LogP contribution >= 0.6 is 0 Å². The van der Waals surface area contributed by atoms with Crippen LogP contribution in [-0.2, 0) is 14.8 Å². The Morgan fingerprint density at radius 2 is 2.23 bits per heavy atom. The second-order valence-electron chi connectivity index (χ2n) is 5.51. The van der Waals surface area contributed by atoms with Gasteiger partial charge in [-0.1, -0.05) is 0 Å². The SMILES string of the molecule is COC(=O)c1ccc(S(=O)(=O)NCCC2CCNC2)cc1C. The van der Waals surface area contributed by atoms with Gasteiger partial charge in [0.2, 0.25) is 10.0 Å². The molecule has 2 rings (SSSR count). The monoisotopic (exact) mass is 326 g/mol. The number of hydrogen-bond acceptors (Lipinski definition) is 5. The summed E-state index contributed by atoms with van der Waals surface area (Å²) in [5, 5.41) is 3.26. The second-order valence-corrected chi connectivity index (χ2v) is 7.28. The summed E-state index contributed by atoms with van der Waals surface area (Å²) in [6.07, 6.45) is 1.92. The Labute approximate surface area is 131 Å². The third-order valence-corrected chi connectivity index (χ3v) is 5.38. The van der Waals surface area contributed by atoms with Crippen molar-refractivity contribution in [2.75, 3.05) is 26.7 Å². The van der Waals surface area contributed by atoms with Crippen molar-refractivity contribution in [3.05, 3.63) is 29.3 Å². The van der Waals surface area contributed by atoms with Crippen LogP contribution in [0.2, 0.25) is 0 Å². The lowest BCUT2D eigenvalue weighted by molar-refractivity contribution is 0.0600. The molecule has 1 aliphatic rings. The van der Waals surface area contributed by atoms with Gasteiger partial charge in [0.15, 0.2) is 0 Å². The van der Waals surface area contributed by atoms with Crippen LogP contribution in [0.15, 0.2) is 23.1 Å². The maximum absolute atomic E-state index is 12.3. The average Bonchev–Trinajstić information content (AvgIpc) is 2.99. The number of sulfonamides is 1. The van der Waals surface area contributed by atoms with Crippen LogP contribution in [0.1, 0.15) is 28.8 Å². The molecular formula is C15H22N2O4S. The number of methoxy groups -OCH3 is 1. The van der Waals surface area contributed by atoms with Crippen LogP contribution in [0.3, 0.4) is 0 Å². The summed E-state index contributed by atoms with van der Waals surface area (Å²) in [6.45, 7) is 4.07. The molecule has 1 unspecified atom stereocenters. The van der Waals surface area contributed by atoms with Crippen molar-refractivity contribution in [2.24, 2.45) is 5.92 Å². The number of hydrogen-bond donors (Lipinski definition) is 2. The topological polar surface area (TPSA) is 84.5 Å². The number of aryl methyl sites for hydroxylation is 1. The Kier molecular flexibility index (Phi) is 5.55. The molecule has 0 spiro atoms. The minimum atomic E-state index is -3.55. The first-order chi connectivity index (χ1) is 10.4. The fraction of sp³-hybridized carbons (Fsp3) is 0.533. The molecule has 0 aromatic heterocycles. The van der Waals surface area contributed by atoms with Gasteiger partial charge in [-0.25, -0.2) is 17.9 Å². The lowest BCUT2D eigenvalue weighted by atomic mass is 10.1. The van der Waals surface area contributed by atoms with Crippen LogP contribution in [0.4, 0.5) is 0 Å². The molecule has 1 aromatic rings. The van der Waals surface area contributed by atoms with Crippen molar-refractivity contribution in [1.29, 1.82) is 0 Å². The zero-order chi connectivity index (χ0) is 16.2. The number of benzene rings is 1. The summed E-state index contributed by atoms with van der Waals surface area (Å²) in [4.78, 5) is 11.7. The maximum atomic E-state index is 12.3. The van der Waals surface area contributed by atoms with Gasteiger partial charge in [0.05, 0.1) is 17.6 Å². The van der Waals surface area contributed by atoms with Crippen molar-refractivity contribution in [1.82, 2.24) is 10.0 Å². The van der Waals surface area contributed by atoms with E-state index in [2.05, 4.69) is 14.8 Å². The first kappa shape index (κ1) is 16.9. The molecule has 0 aliphatic carbocycles. The van der Waals surface area contributed by atoms with Gasteiger partial charge in [-0.05, 0) is 62.5 Å². The number of esters is 1. The third-order valence-electron chi connectivity index (χ3n) is 3.92. The highest BCUT2D eigenvalue weighted by Gasteiger charge is 2.19. The Hall–Kier alpha value is -1.44. The summed E-state index contributed by atoms with van der Waals surface area (Å²) in [6, 6.07) is 4.40. The molecule has 7 heteroatoms. The Bertz CT molecular complexity index is 637. The molecule has 0 saturated carbocycles. The minimum Gasteiger partial charge on any atom is -0.465 e. The van der Waals surface area contributed by atoms with Crippen LogP contribution in [0.5, 0.6) is 0 Å². The molecule has 122 valence electrons. The molecule has 1 heterocycles. The normalized spacial score (nSPS) is 18.4. The predicted octanol–water partition coefficient (Wildman–Crippen LogP) is 1.06. The minimum absolute atomic E-state index is 0.169. The van der Waals surface area contributed by atoms with Gasteiger partial charge in [-0.3, -0.25) is 0 Å². The van der Waals surface area contributed by atoms with E-state index < -0.39 is 16.0 Å². The van der Waals surface area contributed by atoms with Crippen LogP contribution < -0.4 is 10.0 Å². The molecule has 1 saturated heterocycles. The lowest BCUT2D eigenvalue weighted by Crippen LogP contribution is -2.26. The van der Waals surface area contributed by atoms with E-state index in [1.54, 1.807) is 6.92 Å². The molecule has 22 heavy (non-hydrogen) atoms. The molecule has 1 fully saturated rings. The molecule has 1 aromatic carbocycles. The highest BCUT2D eigenvalue weighted by Crippen LogP contribution is 2.17. The molecule has 0 amide bonds. The fourth-order valence-corrected chi connectivity index (χ4v) is 3.72. The quantitative estimate of drug-likeness (QED) is 0.764. The van der Waals surface area contributed by atoms with Gasteiger partial charge in [-0.2, -0.15) is 0 Å². The van der Waals surface area contributed by atoms with Crippen molar-refractivity contribution in [3.8, 4) is 0 Å². The number of carbonyl (C=O) groups excluding carboxylic acids is 1. The Morgan fingerprint density at radius 1 is 1.45 bits per heavy atom. The predicted molar refractivity (Wildman–Crippen MR) is 83.3 cm³/mol. The summed E-state index contributed by atoms with van der Waals surface area (Å²) in [5.41, 5.74) is 0.952. The number of rotatable bonds is 6. The molecule has 1 aliphatic heterocycles. The second kappa shape index (κ2) is 7.21. The summed E-state index contributed by atoms with van der Waals surface area (Å²) in [5.74, 6) is 0.0641. The zero-order valence-electron chi connectivity index (χ0n) is 12.9. The van der Waals surface area contributed by atoms with Crippen LogP contribution in [0.25, 0.3) is 0 Å². The third kappa shape index (κ3) is 4.06. The van der Waals surface area contributed by atoms with Crippen LogP contribution in [-0.4, -0.2) is 41.1 Å². The van der Waals surface area contributed by atoms with Gasteiger partial charge in [0.25, 0.3) is 0 Å². The van der Waals surface area contributed by atoms with E-state index in [0.717, 1.165) is 25.9 Å². The number of ether oxygens (including phenoxy) is 1. The molecule has 2 N–H and O–H groups in total. The van der Waals surface area contributed by atoms with E-state index in [4.69, 9.17) is 0 Å². The van der Waals surface area contributed by atoms with E-state index in [-0.39, 0.29) is 4.90 Å². The first-order valence-corrected chi connectivity index (χ1v) is 8.81. The highest BCUT2D eigenvalue weighted by atomic mass is 32.2. The summed E-state index contributed by atoms with van der Waals surface area (Å²) < 4.78 is 31.8. The largest absolute Gasteiger partial charge is 0.465 e. The molecule has 0 bridgehead atoms. The van der Waals surface area contributed by atoms with Gasteiger partial charge < -0.3 is 10.1 Å². The Morgan fingerprint density at radius 3 is 2.82 bits per heavy atom. The van der Waals surface area contributed by atoms with E-state index in [9.17, 15) is 13.2 Å². The molecule has 0 radical (unpaired) electrons. The van der Waals surface area contributed by atoms with Gasteiger partial charge >= 0.3 is 5.97 Å². The lowest BCUT2D eigenvalue weighted by Gasteiger charge is -2.11. The zero-order valence-corrected chi connectivity index (χ0v) is 13.7. The smallest absolute Gasteiger partial charge is 0.338 e. The van der Waals surface area contributed by atoms with Crippen molar-refractivity contribution >= 4 is 16.0 Å². The average molecular weight is 326 g/mol. The fourth-order valence-electron chi connectivity index (χ4n) is 2.58. The van der Waals surface area contributed by atoms with E-state index >= 15 is 0 Å². The Balaban J connectivity index is 2.02. The van der Waals surface area contributed by atoms with E-state index in [1.165, 1.54) is 25.3 Å². The van der Waals surface area contributed by atoms with Gasteiger partial charge in [0, 0.05) is 6.54 Å². The first-order valence-electron chi connectivity index (χ1n) is 7.33. The van der Waals surface area contributed by atoms with Crippen molar-refractivity contribution in [3.63, 3.8) is 0 Å². The summed E-state index contributed by atoms with van der Waals surface area (Å²) in [7, 11) is -2.25. The maximum Gasteiger partial charge on any atom is 0.338 e. The summed E-state index contributed by atoms with van der Waals surface area (Å²) >= 11 is 0. The van der Waals surface area contributed by atoms with Gasteiger partial charge in [0.1, 0.15) is 0 Å². The molecule has 6 nitrogen and oxygen atoms in total. The van der Waals surface area contributed by atoms with E-state index in [0.29, 0.717) is 23.6 Å². The molecular weight excluding hydrogens is 304 g/mol. The van der Waals surface area contributed by atoms with Gasteiger partial charge in [-0.15, -0.1) is 0 Å². The van der Waals surface area contributed by atoms with Crippen molar-refractivity contribution < 1.29 is 17.9 Å². The number of carbonyl (C=O) groups is 1. The molecule has 1 atom stereocenters. The number of nitrogens with one attached hydrogen (secondary N) is 2. The van der Waals surface area contributed by atoms with Crippen molar-refractivity contribution in [2.45, 2.75) is 24.7 Å². The highest BCUT2D eigenvalue weighted by molar-refractivity contribution is 7.89.